The number of nitrogens with two attached hydrogens (primary N) is 1. The molecule has 0 aliphatic rings. The molecule has 0 heterocycles. The van der Waals surface area contributed by atoms with Crippen LogP contribution < -0.4 is 15.8 Å². The first-order valence-electron chi connectivity index (χ1n) is 7.69. The number of ether oxygens (including phenoxy) is 1. The van der Waals surface area contributed by atoms with Crippen LogP contribution in [0.15, 0.2) is 53.4 Å². The number of rotatable bonds is 4. The fourth-order valence-electron chi connectivity index (χ4n) is 2.76. The minimum atomic E-state index is -4.51. The maximum Gasteiger partial charge on any atom is 0.295 e. The molecule has 0 unspecified atom stereocenters. The molecule has 3 rings (SSSR count). The summed E-state index contributed by atoms with van der Waals surface area (Å²) >= 11 is 0. The second kappa shape index (κ2) is 6.78. The minimum absolute atomic E-state index is 0.0737. The van der Waals surface area contributed by atoms with E-state index >= 15 is 0 Å². The number of hydrogen-bond acceptors (Lipinski definition) is 6. The van der Waals surface area contributed by atoms with E-state index < -0.39 is 16.0 Å². The summed E-state index contributed by atoms with van der Waals surface area (Å²) in [6.07, 6.45) is 0. The van der Waals surface area contributed by atoms with E-state index in [0.29, 0.717) is 5.75 Å². The SMILES string of the molecule is COc1ccc(C(=O)Nc2cccc3c(S(=O)(=O)O)ccc(O)c23)cc1N. The number of carbonyl (C=O) groups excluding carboxylic acids is 1. The molecular formula is C18H16N2O6S. The third kappa shape index (κ3) is 3.50. The van der Waals surface area contributed by atoms with Crippen molar-refractivity contribution in [3.05, 3.63) is 54.1 Å². The van der Waals surface area contributed by atoms with Gasteiger partial charge in [0, 0.05) is 16.3 Å². The van der Waals surface area contributed by atoms with Crippen LogP contribution in [0.1, 0.15) is 10.4 Å². The average Bonchev–Trinajstić information content (AvgIpc) is 2.60. The van der Waals surface area contributed by atoms with Crippen LogP contribution in [0, 0.1) is 0 Å². The second-order valence-electron chi connectivity index (χ2n) is 5.70. The van der Waals surface area contributed by atoms with E-state index in [-0.39, 0.29) is 38.4 Å². The van der Waals surface area contributed by atoms with Gasteiger partial charge in [-0.2, -0.15) is 8.42 Å². The van der Waals surface area contributed by atoms with Gasteiger partial charge in [-0.25, -0.2) is 0 Å². The summed E-state index contributed by atoms with van der Waals surface area (Å²) < 4.78 is 37.6. The Labute approximate surface area is 154 Å². The van der Waals surface area contributed by atoms with E-state index in [4.69, 9.17) is 10.5 Å². The van der Waals surface area contributed by atoms with Gasteiger partial charge in [0.25, 0.3) is 16.0 Å². The number of phenolic OH excluding ortho intramolecular Hbond substituents is 1. The first kappa shape index (κ1) is 18.5. The van der Waals surface area contributed by atoms with E-state index in [9.17, 15) is 22.9 Å². The van der Waals surface area contributed by atoms with Crippen LogP contribution in [0.2, 0.25) is 0 Å². The average molecular weight is 388 g/mol. The van der Waals surface area contributed by atoms with Gasteiger partial charge in [-0.05, 0) is 36.4 Å². The number of hydrogen-bond donors (Lipinski definition) is 4. The number of carbonyl (C=O) groups is 1. The monoisotopic (exact) mass is 388 g/mol. The molecule has 0 spiro atoms. The number of nitrogens with one attached hydrogen (secondary N) is 1. The Balaban J connectivity index is 2.08. The smallest absolute Gasteiger partial charge is 0.295 e. The van der Waals surface area contributed by atoms with Crippen molar-refractivity contribution >= 4 is 38.2 Å². The molecule has 3 aromatic carbocycles. The van der Waals surface area contributed by atoms with Gasteiger partial charge in [0.2, 0.25) is 0 Å². The maximum absolute atomic E-state index is 12.5. The molecule has 1 amide bonds. The van der Waals surface area contributed by atoms with Crippen LogP contribution in [-0.4, -0.2) is 31.1 Å². The highest BCUT2D eigenvalue weighted by Gasteiger charge is 2.19. The van der Waals surface area contributed by atoms with E-state index in [0.717, 1.165) is 12.1 Å². The predicted molar refractivity (Wildman–Crippen MR) is 101 cm³/mol. The van der Waals surface area contributed by atoms with Crippen LogP contribution in [0.25, 0.3) is 10.8 Å². The van der Waals surface area contributed by atoms with Gasteiger partial charge in [0.15, 0.2) is 0 Å². The lowest BCUT2D eigenvalue weighted by Gasteiger charge is -2.13. The highest BCUT2D eigenvalue weighted by atomic mass is 32.2. The standard InChI is InChI=1S/C18H16N2O6S/c1-26-15-7-5-10(9-12(15)19)18(22)20-13-4-2-3-11-16(27(23,24)25)8-6-14(21)17(11)13/h2-9,21H,19H2,1H3,(H,20,22)(H,23,24,25). The predicted octanol–water partition coefficient (Wildman–Crippen LogP) is 2.64. The Kier molecular flexibility index (Phi) is 4.64. The number of fused-ring (bicyclic) bond motifs is 1. The molecule has 8 nitrogen and oxygen atoms in total. The Morgan fingerprint density at radius 2 is 1.89 bits per heavy atom. The Morgan fingerprint density at radius 3 is 2.52 bits per heavy atom. The molecule has 0 saturated carbocycles. The van der Waals surface area contributed by atoms with Crippen molar-refractivity contribution in [3.8, 4) is 11.5 Å². The zero-order valence-electron chi connectivity index (χ0n) is 14.1. The molecule has 0 saturated heterocycles. The van der Waals surface area contributed by atoms with E-state index in [2.05, 4.69) is 5.32 Å². The normalized spacial score (nSPS) is 11.3. The quantitative estimate of drug-likeness (QED) is 0.398. The lowest BCUT2D eigenvalue weighted by Crippen LogP contribution is -2.13. The van der Waals surface area contributed by atoms with E-state index in [1.165, 1.54) is 37.4 Å². The lowest BCUT2D eigenvalue weighted by molar-refractivity contribution is 0.102. The van der Waals surface area contributed by atoms with E-state index in [1.54, 1.807) is 6.07 Å². The summed E-state index contributed by atoms with van der Waals surface area (Å²) in [5.74, 6) is -0.344. The molecule has 0 radical (unpaired) electrons. The molecule has 0 fully saturated rings. The largest absolute Gasteiger partial charge is 0.507 e. The molecule has 0 aliphatic heterocycles. The number of anilines is 2. The van der Waals surface area contributed by atoms with Crippen molar-refractivity contribution in [2.75, 3.05) is 18.2 Å². The van der Waals surface area contributed by atoms with Gasteiger partial charge in [0.05, 0.1) is 18.5 Å². The molecule has 27 heavy (non-hydrogen) atoms. The Morgan fingerprint density at radius 1 is 1.15 bits per heavy atom. The zero-order valence-corrected chi connectivity index (χ0v) is 14.9. The third-order valence-electron chi connectivity index (χ3n) is 4.00. The molecular weight excluding hydrogens is 372 g/mol. The lowest BCUT2D eigenvalue weighted by atomic mass is 10.1. The van der Waals surface area contributed by atoms with Gasteiger partial charge in [0.1, 0.15) is 16.4 Å². The molecule has 5 N–H and O–H groups in total. The number of nitrogen functional groups attached to an aromatic ring is 1. The number of phenols is 1. The molecule has 0 aliphatic carbocycles. The van der Waals surface area contributed by atoms with Crippen LogP contribution in [0.5, 0.6) is 11.5 Å². The summed E-state index contributed by atoms with van der Waals surface area (Å²) in [5, 5.41) is 12.9. The second-order valence-corrected chi connectivity index (χ2v) is 7.09. The van der Waals surface area contributed by atoms with Gasteiger partial charge >= 0.3 is 0 Å². The first-order chi connectivity index (χ1) is 12.7. The summed E-state index contributed by atoms with van der Waals surface area (Å²) in [6.45, 7) is 0. The van der Waals surface area contributed by atoms with Crippen molar-refractivity contribution < 1.29 is 27.6 Å². The van der Waals surface area contributed by atoms with Crippen molar-refractivity contribution in [2.24, 2.45) is 0 Å². The van der Waals surface area contributed by atoms with Gasteiger partial charge in [-0.1, -0.05) is 12.1 Å². The number of aromatic hydroxyl groups is 1. The van der Waals surface area contributed by atoms with Crippen molar-refractivity contribution in [3.63, 3.8) is 0 Å². The van der Waals surface area contributed by atoms with Crippen molar-refractivity contribution in [1.29, 1.82) is 0 Å². The van der Waals surface area contributed by atoms with Gasteiger partial charge in [-0.15, -0.1) is 0 Å². The van der Waals surface area contributed by atoms with Crippen molar-refractivity contribution in [1.82, 2.24) is 0 Å². The van der Waals surface area contributed by atoms with Gasteiger partial charge < -0.3 is 20.9 Å². The highest BCUT2D eigenvalue weighted by Crippen LogP contribution is 2.36. The summed E-state index contributed by atoms with van der Waals surface area (Å²) in [5.41, 5.74) is 6.51. The van der Waals surface area contributed by atoms with E-state index in [1.807, 2.05) is 0 Å². The molecule has 0 bridgehead atoms. The van der Waals surface area contributed by atoms with Gasteiger partial charge in [-0.3, -0.25) is 9.35 Å². The summed E-state index contributed by atoms with van der Waals surface area (Å²) in [6, 6.07) is 11.1. The molecule has 9 heteroatoms. The van der Waals surface area contributed by atoms with Crippen molar-refractivity contribution in [2.45, 2.75) is 4.90 Å². The van der Waals surface area contributed by atoms with Crippen LogP contribution in [0.4, 0.5) is 11.4 Å². The molecule has 3 aromatic rings. The zero-order chi connectivity index (χ0) is 19.8. The number of methoxy groups -OCH3 is 1. The van der Waals surface area contributed by atoms with Crippen LogP contribution in [-0.2, 0) is 10.1 Å². The molecule has 0 atom stereocenters. The fraction of sp³-hybridized carbons (Fsp3) is 0.0556. The topological polar surface area (TPSA) is 139 Å². The minimum Gasteiger partial charge on any atom is -0.507 e. The van der Waals surface area contributed by atoms with Crippen LogP contribution >= 0.6 is 0 Å². The van der Waals surface area contributed by atoms with Crippen LogP contribution in [0.3, 0.4) is 0 Å². The maximum atomic E-state index is 12.5. The fourth-order valence-corrected chi connectivity index (χ4v) is 3.45. The first-order valence-corrected chi connectivity index (χ1v) is 9.13. The highest BCUT2D eigenvalue weighted by molar-refractivity contribution is 7.86. The number of amides is 1. The Bertz CT molecular complexity index is 1160. The number of benzene rings is 3. The molecule has 0 aromatic heterocycles. The Hall–Kier alpha value is -3.30. The summed E-state index contributed by atoms with van der Waals surface area (Å²) in [4.78, 5) is 12.2. The summed E-state index contributed by atoms with van der Waals surface area (Å²) in [7, 11) is -3.06. The third-order valence-corrected chi connectivity index (χ3v) is 4.91. The molecule has 140 valence electrons.